The summed E-state index contributed by atoms with van der Waals surface area (Å²) in [5.74, 6) is 0.268. The van der Waals surface area contributed by atoms with E-state index < -0.39 is 7.82 Å². The first-order valence-electron chi connectivity index (χ1n) is 4.12. The van der Waals surface area contributed by atoms with Crippen LogP contribution >= 0.6 is 7.82 Å². The maximum atomic E-state index is 10.7. The van der Waals surface area contributed by atoms with Crippen LogP contribution in [0.15, 0.2) is 12.1 Å². The quantitative estimate of drug-likeness (QED) is 0.743. The third-order valence-corrected chi connectivity index (χ3v) is 2.24. The van der Waals surface area contributed by atoms with Crippen LogP contribution in [0.5, 0.6) is 5.75 Å². The molecule has 0 unspecified atom stereocenters. The van der Waals surface area contributed by atoms with Crippen LogP contribution in [-0.4, -0.2) is 9.79 Å². The first kappa shape index (κ1) is 11.2. The number of phosphoric ester groups is 1. The highest BCUT2D eigenvalue weighted by molar-refractivity contribution is 7.46. The first-order chi connectivity index (χ1) is 6.29. The Kier molecular flexibility index (Phi) is 3.00. The molecular formula is C9H13O4P. The molecule has 0 aromatic heterocycles. The third kappa shape index (κ3) is 2.84. The molecule has 0 heterocycles. The Bertz CT molecular complexity index is 371. The van der Waals surface area contributed by atoms with Gasteiger partial charge in [0.1, 0.15) is 5.75 Å². The molecule has 0 amide bonds. The molecule has 1 rings (SSSR count). The minimum absolute atomic E-state index is 0.268. The monoisotopic (exact) mass is 216 g/mol. The topological polar surface area (TPSA) is 66.8 Å². The molecule has 0 atom stereocenters. The summed E-state index contributed by atoms with van der Waals surface area (Å²) in [5.41, 5.74) is 2.50. The van der Waals surface area contributed by atoms with Crippen LogP contribution in [-0.2, 0) is 4.57 Å². The average molecular weight is 216 g/mol. The third-order valence-electron chi connectivity index (χ3n) is 1.81. The zero-order chi connectivity index (χ0) is 10.9. The highest BCUT2D eigenvalue weighted by Gasteiger charge is 2.18. The smallest absolute Gasteiger partial charge is 0.404 e. The van der Waals surface area contributed by atoms with E-state index in [1.807, 2.05) is 19.1 Å². The molecule has 0 radical (unpaired) electrons. The fraction of sp³-hybridized carbons (Fsp3) is 0.333. The molecule has 0 fully saturated rings. The minimum atomic E-state index is -4.46. The molecule has 2 N–H and O–H groups in total. The van der Waals surface area contributed by atoms with Gasteiger partial charge in [-0.15, -0.1) is 0 Å². The molecule has 78 valence electrons. The molecular weight excluding hydrogens is 203 g/mol. The summed E-state index contributed by atoms with van der Waals surface area (Å²) in [5, 5.41) is 0. The van der Waals surface area contributed by atoms with Gasteiger partial charge < -0.3 is 4.52 Å². The van der Waals surface area contributed by atoms with Gasteiger partial charge in [0, 0.05) is 0 Å². The summed E-state index contributed by atoms with van der Waals surface area (Å²) < 4.78 is 15.2. The van der Waals surface area contributed by atoms with Crippen molar-refractivity contribution in [3.8, 4) is 5.75 Å². The Labute approximate surface area is 82.8 Å². The second kappa shape index (κ2) is 3.73. The largest absolute Gasteiger partial charge is 0.524 e. The second-order valence-corrected chi connectivity index (χ2v) is 4.47. The van der Waals surface area contributed by atoms with E-state index in [1.54, 1.807) is 13.8 Å². The summed E-state index contributed by atoms with van der Waals surface area (Å²) in [7, 11) is -4.46. The molecule has 0 aliphatic carbocycles. The predicted molar refractivity (Wildman–Crippen MR) is 53.3 cm³/mol. The van der Waals surface area contributed by atoms with Crippen LogP contribution in [0, 0.1) is 20.8 Å². The maximum Gasteiger partial charge on any atom is 0.524 e. The number of phosphoric acid groups is 1. The zero-order valence-corrected chi connectivity index (χ0v) is 9.21. The molecule has 0 bridgehead atoms. The van der Waals surface area contributed by atoms with Crippen LogP contribution in [0.3, 0.4) is 0 Å². The van der Waals surface area contributed by atoms with E-state index in [2.05, 4.69) is 4.52 Å². The Morgan fingerprint density at radius 3 is 1.93 bits per heavy atom. The normalized spacial score (nSPS) is 11.5. The number of hydrogen-bond acceptors (Lipinski definition) is 2. The van der Waals surface area contributed by atoms with Crippen molar-refractivity contribution in [1.82, 2.24) is 0 Å². The predicted octanol–water partition coefficient (Wildman–Crippen LogP) is 2.08. The van der Waals surface area contributed by atoms with Crippen molar-refractivity contribution in [1.29, 1.82) is 0 Å². The van der Waals surface area contributed by atoms with Crippen LogP contribution in [0.4, 0.5) is 0 Å². The summed E-state index contributed by atoms with van der Waals surface area (Å²) in [6.45, 7) is 5.43. The van der Waals surface area contributed by atoms with Gasteiger partial charge in [0.25, 0.3) is 0 Å². The van der Waals surface area contributed by atoms with E-state index in [-0.39, 0.29) is 5.75 Å². The van der Waals surface area contributed by atoms with E-state index in [9.17, 15) is 4.57 Å². The molecule has 0 spiro atoms. The Morgan fingerprint density at radius 2 is 1.57 bits per heavy atom. The Hall–Kier alpha value is -0.830. The van der Waals surface area contributed by atoms with Gasteiger partial charge in [0.15, 0.2) is 0 Å². The van der Waals surface area contributed by atoms with E-state index in [1.165, 1.54) is 0 Å². The molecule has 0 saturated carbocycles. The van der Waals surface area contributed by atoms with Gasteiger partial charge >= 0.3 is 7.82 Å². The maximum absolute atomic E-state index is 10.7. The summed E-state index contributed by atoms with van der Waals surface area (Å²) >= 11 is 0. The van der Waals surface area contributed by atoms with E-state index in [4.69, 9.17) is 9.79 Å². The van der Waals surface area contributed by atoms with Gasteiger partial charge in [-0.05, 0) is 31.9 Å². The minimum Gasteiger partial charge on any atom is -0.404 e. The lowest BCUT2D eigenvalue weighted by atomic mass is 10.1. The molecule has 0 aliphatic heterocycles. The molecule has 1 aromatic rings. The van der Waals surface area contributed by atoms with Gasteiger partial charge in [-0.1, -0.05) is 17.7 Å². The molecule has 0 aliphatic rings. The average Bonchev–Trinajstić information content (AvgIpc) is 1.95. The lowest BCUT2D eigenvalue weighted by Gasteiger charge is -2.12. The lowest BCUT2D eigenvalue weighted by molar-refractivity contribution is 0.282. The van der Waals surface area contributed by atoms with Crippen molar-refractivity contribution in [3.05, 3.63) is 28.8 Å². The highest BCUT2D eigenvalue weighted by atomic mass is 31.2. The lowest BCUT2D eigenvalue weighted by Crippen LogP contribution is -1.95. The van der Waals surface area contributed by atoms with Crippen LogP contribution < -0.4 is 4.52 Å². The van der Waals surface area contributed by atoms with Gasteiger partial charge in [-0.2, -0.15) is 0 Å². The van der Waals surface area contributed by atoms with E-state index >= 15 is 0 Å². The number of hydrogen-bond donors (Lipinski definition) is 2. The van der Waals surface area contributed by atoms with Crippen LogP contribution in [0.1, 0.15) is 16.7 Å². The van der Waals surface area contributed by atoms with Crippen LogP contribution in [0.2, 0.25) is 0 Å². The van der Waals surface area contributed by atoms with Crippen molar-refractivity contribution in [2.45, 2.75) is 20.8 Å². The van der Waals surface area contributed by atoms with Crippen LogP contribution in [0.25, 0.3) is 0 Å². The summed E-state index contributed by atoms with van der Waals surface area (Å²) in [4.78, 5) is 17.4. The van der Waals surface area contributed by atoms with E-state index in [0.29, 0.717) is 0 Å². The molecule has 0 saturated heterocycles. The van der Waals surface area contributed by atoms with Gasteiger partial charge in [-0.3, -0.25) is 9.79 Å². The van der Waals surface area contributed by atoms with Crippen molar-refractivity contribution in [2.75, 3.05) is 0 Å². The zero-order valence-electron chi connectivity index (χ0n) is 8.31. The first-order valence-corrected chi connectivity index (χ1v) is 5.65. The van der Waals surface area contributed by atoms with Crippen molar-refractivity contribution >= 4 is 7.82 Å². The van der Waals surface area contributed by atoms with Gasteiger partial charge in [0.2, 0.25) is 0 Å². The van der Waals surface area contributed by atoms with Crippen molar-refractivity contribution < 1.29 is 18.9 Å². The SMILES string of the molecule is Cc1cc(C)c(OP(=O)(O)O)c(C)c1. The van der Waals surface area contributed by atoms with Gasteiger partial charge in [0.05, 0.1) is 0 Å². The van der Waals surface area contributed by atoms with Gasteiger partial charge in [-0.25, -0.2) is 4.57 Å². The standard InChI is InChI=1S/C9H13O4P/c1-6-4-7(2)9(8(3)5-6)13-14(10,11)12/h4-5H,1-3H3,(H2,10,11,12). The van der Waals surface area contributed by atoms with E-state index in [0.717, 1.165) is 16.7 Å². The Balaban J connectivity index is 3.15. The molecule has 4 nitrogen and oxygen atoms in total. The number of benzene rings is 1. The number of rotatable bonds is 2. The molecule has 1 aromatic carbocycles. The van der Waals surface area contributed by atoms with Crippen molar-refractivity contribution in [3.63, 3.8) is 0 Å². The fourth-order valence-electron chi connectivity index (χ4n) is 1.43. The second-order valence-electron chi connectivity index (χ2n) is 3.31. The van der Waals surface area contributed by atoms with Crippen molar-refractivity contribution in [2.24, 2.45) is 0 Å². The highest BCUT2D eigenvalue weighted by Crippen LogP contribution is 2.40. The fourth-order valence-corrected chi connectivity index (χ4v) is 1.96. The summed E-state index contributed by atoms with van der Waals surface area (Å²) in [6.07, 6.45) is 0. The molecule has 14 heavy (non-hydrogen) atoms. The number of aryl methyl sites for hydroxylation is 3. The Morgan fingerprint density at radius 1 is 1.14 bits per heavy atom. The molecule has 5 heteroatoms. The summed E-state index contributed by atoms with van der Waals surface area (Å²) in [6, 6.07) is 3.63.